The van der Waals surface area contributed by atoms with E-state index in [0.717, 1.165) is 30.2 Å². The van der Waals surface area contributed by atoms with Crippen molar-refractivity contribution in [2.75, 3.05) is 0 Å². The van der Waals surface area contributed by atoms with Crippen molar-refractivity contribution in [1.82, 2.24) is 4.72 Å². The molecule has 1 aromatic rings. The van der Waals surface area contributed by atoms with E-state index in [1.165, 1.54) is 5.38 Å². The molecule has 0 bridgehead atoms. The average molecular weight is 305 g/mol. The molecule has 0 saturated heterocycles. The minimum atomic E-state index is -3.76. The van der Waals surface area contributed by atoms with Crippen LogP contribution in [-0.2, 0) is 10.0 Å². The summed E-state index contributed by atoms with van der Waals surface area (Å²) in [4.78, 5) is 10.7. The standard InChI is InChI=1S/C11H15NO5S2/c13-9-4-2-1-3-8(9)12-19(16,17)10-5-7(6-18-10)11(14)15/h5-6,8-9,12-13H,1-4H2,(H,14,15)/t8-,9-/m1/s1. The maximum Gasteiger partial charge on any atom is 0.336 e. The van der Waals surface area contributed by atoms with Crippen molar-refractivity contribution in [3.63, 3.8) is 0 Å². The second-order valence-corrected chi connectivity index (χ2v) is 7.39. The SMILES string of the molecule is O=C(O)c1csc(S(=O)(=O)N[C@@H]2CCCC[C@H]2O)c1. The van der Waals surface area contributed by atoms with E-state index in [0.29, 0.717) is 12.8 Å². The van der Waals surface area contributed by atoms with E-state index < -0.39 is 28.1 Å². The number of nitrogens with one attached hydrogen (secondary N) is 1. The normalized spacial score (nSPS) is 24.3. The number of hydrogen-bond acceptors (Lipinski definition) is 5. The van der Waals surface area contributed by atoms with Crippen LogP contribution >= 0.6 is 11.3 Å². The molecule has 0 spiro atoms. The maximum absolute atomic E-state index is 12.1. The Balaban J connectivity index is 2.15. The predicted octanol–water partition coefficient (Wildman–Crippen LogP) is 1.03. The molecule has 0 aromatic carbocycles. The summed E-state index contributed by atoms with van der Waals surface area (Å²) in [6.07, 6.45) is 2.26. The van der Waals surface area contributed by atoms with E-state index in [1.54, 1.807) is 0 Å². The molecule has 1 saturated carbocycles. The Morgan fingerprint density at radius 2 is 2.05 bits per heavy atom. The van der Waals surface area contributed by atoms with Crippen LogP contribution in [0.1, 0.15) is 36.0 Å². The molecule has 8 heteroatoms. The molecule has 0 aliphatic heterocycles. The first-order chi connectivity index (χ1) is 8.90. The summed E-state index contributed by atoms with van der Waals surface area (Å²) in [5, 5.41) is 19.8. The highest BCUT2D eigenvalue weighted by Crippen LogP contribution is 2.24. The number of thiophene rings is 1. The minimum Gasteiger partial charge on any atom is -0.478 e. The number of hydrogen-bond donors (Lipinski definition) is 3. The van der Waals surface area contributed by atoms with Gasteiger partial charge in [0, 0.05) is 11.4 Å². The largest absolute Gasteiger partial charge is 0.478 e. The van der Waals surface area contributed by atoms with E-state index in [1.807, 2.05) is 0 Å². The van der Waals surface area contributed by atoms with Gasteiger partial charge in [0.25, 0.3) is 0 Å². The average Bonchev–Trinajstić information content (AvgIpc) is 2.82. The fraction of sp³-hybridized carbons (Fsp3) is 0.545. The summed E-state index contributed by atoms with van der Waals surface area (Å²) in [5.41, 5.74) is -0.0467. The lowest BCUT2D eigenvalue weighted by atomic mass is 9.93. The first-order valence-electron chi connectivity index (χ1n) is 5.92. The zero-order chi connectivity index (χ0) is 14.0. The summed E-state index contributed by atoms with van der Waals surface area (Å²) < 4.78 is 26.6. The quantitative estimate of drug-likeness (QED) is 0.770. The fourth-order valence-corrected chi connectivity index (χ4v) is 4.55. The Bertz CT molecular complexity index is 565. The number of carboxylic acid groups (broad SMARTS) is 1. The number of aromatic carboxylic acids is 1. The molecule has 1 aromatic heterocycles. The summed E-state index contributed by atoms with van der Waals surface area (Å²) >= 11 is 0.862. The van der Waals surface area contributed by atoms with Crippen LogP contribution in [-0.4, -0.2) is 36.7 Å². The van der Waals surface area contributed by atoms with Crippen molar-refractivity contribution < 1.29 is 23.4 Å². The molecule has 2 rings (SSSR count). The number of carbonyl (C=O) groups is 1. The molecule has 1 aliphatic carbocycles. The lowest BCUT2D eigenvalue weighted by Crippen LogP contribution is -2.44. The van der Waals surface area contributed by atoms with Gasteiger partial charge in [-0.15, -0.1) is 11.3 Å². The third-order valence-corrected chi connectivity index (χ3v) is 6.05. The van der Waals surface area contributed by atoms with Gasteiger partial charge < -0.3 is 10.2 Å². The van der Waals surface area contributed by atoms with Gasteiger partial charge in [0.1, 0.15) is 4.21 Å². The van der Waals surface area contributed by atoms with Gasteiger partial charge in [0.05, 0.1) is 11.7 Å². The summed E-state index contributed by atoms with van der Waals surface area (Å²) in [5.74, 6) is -1.16. The van der Waals surface area contributed by atoms with Crippen molar-refractivity contribution in [2.45, 2.75) is 42.0 Å². The zero-order valence-corrected chi connectivity index (χ0v) is 11.7. The number of sulfonamides is 1. The molecule has 1 fully saturated rings. The highest BCUT2D eigenvalue weighted by atomic mass is 32.2. The summed E-state index contributed by atoms with van der Waals surface area (Å²) in [7, 11) is -3.76. The van der Waals surface area contributed by atoms with E-state index >= 15 is 0 Å². The van der Waals surface area contributed by atoms with Gasteiger partial charge in [-0.1, -0.05) is 12.8 Å². The molecule has 1 heterocycles. The van der Waals surface area contributed by atoms with Gasteiger partial charge in [-0.05, 0) is 18.9 Å². The van der Waals surface area contributed by atoms with Gasteiger partial charge in [0.15, 0.2) is 0 Å². The van der Waals surface area contributed by atoms with Crippen LogP contribution in [0.5, 0.6) is 0 Å². The van der Waals surface area contributed by atoms with Crippen LogP contribution < -0.4 is 4.72 Å². The third-order valence-electron chi connectivity index (χ3n) is 3.12. The Hall–Kier alpha value is -0.960. The molecule has 1 aliphatic rings. The molecule has 0 radical (unpaired) electrons. The lowest BCUT2D eigenvalue weighted by molar-refractivity contribution is 0.0697. The fourth-order valence-electron chi connectivity index (χ4n) is 2.08. The van der Waals surface area contributed by atoms with Crippen molar-refractivity contribution in [3.05, 3.63) is 17.0 Å². The predicted molar refractivity (Wildman–Crippen MR) is 69.9 cm³/mol. The van der Waals surface area contributed by atoms with Gasteiger partial charge >= 0.3 is 5.97 Å². The van der Waals surface area contributed by atoms with Crippen LogP contribution in [0.3, 0.4) is 0 Å². The molecule has 2 atom stereocenters. The zero-order valence-electron chi connectivity index (χ0n) is 10.1. The molecule has 3 N–H and O–H groups in total. The molecular formula is C11H15NO5S2. The summed E-state index contributed by atoms with van der Waals surface area (Å²) in [6, 6.07) is 0.638. The van der Waals surface area contributed by atoms with Crippen LogP contribution in [0, 0.1) is 0 Å². The van der Waals surface area contributed by atoms with E-state index in [9.17, 15) is 18.3 Å². The first kappa shape index (κ1) is 14.4. The van der Waals surface area contributed by atoms with Gasteiger partial charge in [-0.2, -0.15) is 0 Å². The maximum atomic E-state index is 12.1. The molecule has 0 amide bonds. The van der Waals surface area contributed by atoms with Gasteiger partial charge in [-0.3, -0.25) is 0 Å². The number of aliphatic hydroxyl groups excluding tert-OH is 1. The van der Waals surface area contributed by atoms with Crippen molar-refractivity contribution >= 4 is 27.3 Å². The van der Waals surface area contributed by atoms with Crippen LogP contribution in [0.15, 0.2) is 15.7 Å². The molecule has 19 heavy (non-hydrogen) atoms. The Kier molecular flexibility index (Phi) is 4.24. The van der Waals surface area contributed by atoms with Crippen LogP contribution in [0.25, 0.3) is 0 Å². The second-order valence-electron chi connectivity index (χ2n) is 4.54. The second kappa shape index (κ2) is 5.58. The van der Waals surface area contributed by atoms with E-state index in [2.05, 4.69) is 4.72 Å². The lowest BCUT2D eigenvalue weighted by Gasteiger charge is -2.27. The smallest absolute Gasteiger partial charge is 0.336 e. The van der Waals surface area contributed by atoms with Crippen molar-refractivity contribution in [1.29, 1.82) is 0 Å². The Morgan fingerprint density at radius 1 is 1.37 bits per heavy atom. The molecular weight excluding hydrogens is 290 g/mol. The number of carboxylic acids is 1. The monoisotopic (exact) mass is 305 g/mol. The van der Waals surface area contributed by atoms with Crippen LogP contribution in [0.4, 0.5) is 0 Å². The third kappa shape index (κ3) is 3.33. The van der Waals surface area contributed by atoms with E-state index in [4.69, 9.17) is 5.11 Å². The van der Waals surface area contributed by atoms with Crippen molar-refractivity contribution in [2.24, 2.45) is 0 Å². The number of aliphatic hydroxyl groups is 1. The Morgan fingerprint density at radius 3 is 2.63 bits per heavy atom. The highest BCUT2D eigenvalue weighted by molar-refractivity contribution is 7.91. The minimum absolute atomic E-state index is 0.0392. The number of rotatable bonds is 4. The Labute approximate surface area is 115 Å². The van der Waals surface area contributed by atoms with Gasteiger partial charge in [0.2, 0.25) is 10.0 Å². The topological polar surface area (TPSA) is 104 Å². The van der Waals surface area contributed by atoms with Gasteiger partial charge in [-0.25, -0.2) is 17.9 Å². The van der Waals surface area contributed by atoms with Crippen LogP contribution in [0.2, 0.25) is 0 Å². The highest BCUT2D eigenvalue weighted by Gasteiger charge is 2.29. The van der Waals surface area contributed by atoms with E-state index in [-0.39, 0.29) is 9.77 Å². The van der Waals surface area contributed by atoms with Crippen molar-refractivity contribution in [3.8, 4) is 0 Å². The summed E-state index contributed by atoms with van der Waals surface area (Å²) in [6.45, 7) is 0. The first-order valence-corrected chi connectivity index (χ1v) is 8.28. The molecule has 106 valence electrons. The molecule has 6 nitrogen and oxygen atoms in total. The molecule has 0 unspecified atom stereocenters.